The summed E-state index contributed by atoms with van der Waals surface area (Å²) in [4.78, 5) is 0. The van der Waals surface area contributed by atoms with Gasteiger partial charge in [-0.1, -0.05) is 45.0 Å². The zero-order valence-electron chi connectivity index (χ0n) is 18.2. The number of aromatic amines is 1. The summed E-state index contributed by atoms with van der Waals surface area (Å²) in [6.45, 7) is 9.36. The van der Waals surface area contributed by atoms with Crippen LogP contribution in [0.2, 0.25) is 0 Å². The molecule has 2 N–H and O–H groups in total. The summed E-state index contributed by atoms with van der Waals surface area (Å²) in [6.07, 6.45) is 0. The van der Waals surface area contributed by atoms with Crippen molar-refractivity contribution in [3.63, 3.8) is 0 Å². The molecule has 0 fully saturated rings. The van der Waals surface area contributed by atoms with Crippen LogP contribution in [-0.2, 0) is 12.0 Å². The van der Waals surface area contributed by atoms with Gasteiger partial charge in [0.15, 0.2) is 0 Å². The molecule has 1 aliphatic heterocycles. The molecule has 4 aromatic rings. The van der Waals surface area contributed by atoms with E-state index in [1.165, 1.54) is 16.4 Å². The second-order valence-corrected chi connectivity index (χ2v) is 9.16. The molecule has 0 bridgehead atoms. The standard InChI is InChI=1S/C25H25N5O/c1-5-30-18-9-7-6-8-15(18)16-12-14(10-11-19(16)30)20-17(13-26)23(27)31-24-21(20)22(28-29-24)25(2,3)4/h6-12,17,20,27H,5H2,1-4H3,(H,28,29). The second kappa shape index (κ2) is 6.71. The number of nitriles is 1. The predicted molar refractivity (Wildman–Crippen MR) is 122 cm³/mol. The molecule has 0 saturated heterocycles. The highest BCUT2D eigenvalue weighted by Crippen LogP contribution is 2.46. The topological polar surface area (TPSA) is 90.5 Å². The molecule has 1 aliphatic rings. The molecule has 31 heavy (non-hydrogen) atoms. The number of benzene rings is 2. The maximum atomic E-state index is 9.97. The number of nitrogens with zero attached hydrogens (tertiary/aromatic N) is 3. The van der Waals surface area contributed by atoms with Crippen LogP contribution in [0.15, 0.2) is 42.5 Å². The lowest BCUT2D eigenvalue weighted by Gasteiger charge is -2.30. The third-order valence-corrected chi connectivity index (χ3v) is 6.26. The quantitative estimate of drug-likeness (QED) is 0.458. The molecular weight excluding hydrogens is 386 g/mol. The van der Waals surface area contributed by atoms with Crippen LogP contribution in [0.3, 0.4) is 0 Å². The maximum Gasteiger partial charge on any atom is 0.243 e. The Morgan fingerprint density at radius 1 is 1.16 bits per heavy atom. The van der Waals surface area contributed by atoms with Crippen LogP contribution in [0.25, 0.3) is 21.8 Å². The van der Waals surface area contributed by atoms with Gasteiger partial charge in [0.2, 0.25) is 11.8 Å². The van der Waals surface area contributed by atoms with Crippen molar-refractivity contribution in [1.29, 1.82) is 10.7 Å². The first-order valence-corrected chi connectivity index (χ1v) is 10.6. The molecule has 0 saturated carbocycles. The number of para-hydroxylation sites is 1. The first-order chi connectivity index (χ1) is 14.8. The van der Waals surface area contributed by atoms with Crippen LogP contribution < -0.4 is 4.74 Å². The SMILES string of the molecule is CCn1c2ccccc2c2cc(C3c4c(n[nH]c4C(C)(C)C)OC(=N)C3C#N)ccc21. The minimum absolute atomic E-state index is 0.0527. The lowest BCUT2D eigenvalue weighted by atomic mass is 9.75. The average molecular weight is 412 g/mol. The van der Waals surface area contributed by atoms with Crippen molar-refractivity contribution in [3.05, 3.63) is 59.3 Å². The highest BCUT2D eigenvalue weighted by molar-refractivity contribution is 6.08. The van der Waals surface area contributed by atoms with E-state index in [0.717, 1.165) is 28.8 Å². The van der Waals surface area contributed by atoms with E-state index < -0.39 is 5.92 Å². The van der Waals surface area contributed by atoms with Crippen molar-refractivity contribution in [3.8, 4) is 11.9 Å². The summed E-state index contributed by atoms with van der Waals surface area (Å²) < 4.78 is 7.97. The summed E-state index contributed by atoms with van der Waals surface area (Å²) in [5, 5.41) is 28.1. The van der Waals surface area contributed by atoms with Gasteiger partial charge in [0.1, 0.15) is 5.92 Å². The van der Waals surface area contributed by atoms with Crippen LogP contribution >= 0.6 is 0 Å². The number of ether oxygens (including phenoxy) is 1. The van der Waals surface area contributed by atoms with Gasteiger partial charge < -0.3 is 9.30 Å². The van der Waals surface area contributed by atoms with E-state index in [1.807, 2.05) is 0 Å². The number of aromatic nitrogens is 3. The van der Waals surface area contributed by atoms with Crippen LogP contribution in [0.1, 0.15) is 50.4 Å². The molecule has 6 heteroatoms. The van der Waals surface area contributed by atoms with Crippen LogP contribution in [-0.4, -0.2) is 20.7 Å². The smallest absolute Gasteiger partial charge is 0.243 e. The molecule has 6 nitrogen and oxygen atoms in total. The molecule has 5 rings (SSSR count). The average Bonchev–Trinajstić information content (AvgIpc) is 3.31. The monoisotopic (exact) mass is 411 g/mol. The number of fused-ring (bicyclic) bond motifs is 4. The lowest BCUT2D eigenvalue weighted by Crippen LogP contribution is -2.32. The van der Waals surface area contributed by atoms with Crippen LogP contribution in [0.4, 0.5) is 0 Å². The van der Waals surface area contributed by atoms with Crippen LogP contribution in [0.5, 0.6) is 5.88 Å². The molecule has 2 aromatic carbocycles. The predicted octanol–water partition coefficient (Wildman–Crippen LogP) is 5.48. The number of hydrogen-bond donors (Lipinski definition) is 2. The number of nitrogens with one attached hydrogen (secondary N) is 2. The highest BCUT2D eigenvalue weighted by atomic mass is 16.5. The van der Waals surface area contributed by atoms with Gasteiger partial charge in [0.05, 0.1) is 6.07 Å². The molecule has 156 valence electrons. The Hall–Kier alpha value is -3.59. The molecule has 0 aliphatic carbocycles. The summed E-state index contributed by atoms with van der Waals surface area (Å²) in [7, 11) is 0. The Balaban J connectivity index is 1.80. The number of aryl methyl sites for hydroxylation is 1. The molecule has 0 radical (unpaired) electrons. The van der Waals surface area contributed by atoms with Gasteiger partial charge in [-0.2, -0.15) is 5.26 Å². The summed E-state index contributed by atoms with van der Waals surface area (Å²) in [5.74, 6) is -0.670. The minimum Gasteiger partial charge on any atom is -0.422 e. The molecule has 2 aromatic heterocycles. The van der Waals surface area contributed by atoms with Gasteiger partial charge in [0, 0.05) is 50.9 Å². The fraction of sp³-hybridized carbons (Fsp3) is 0.320. The lowest BCUT2D eigenvalue weighted by molar-refractivity contribution is 0.433. The third kappa shape index (κ3) is 2.77. The van der Waals surface area contributed by atoms with Crippen LogP contribution in [0, 0.1) is 22.7 Å². The summed E-state index contributed by atoms with van der Waals surface area (Å²) in [5.41, 5.74) is 4.99. The molecular formula is C25H25N5O. The van der Waals surface area contributed by atoms with Crippen molar-refractivity contribution in [1.82, 2.24) is 14.8 Å². The van der Waals surface area contributed by atoms with E-state index >= 15 is 0 Å². The van der Waals surface area contributed by atoms with Gasteiger partial charge in [-0.3, -0.25) is 10.5 Å². The van der Waals surface area contributed by atoms with E-state index in [4.69, 9.17) is 10.1 Å². The first-order valence-electron chi connectivity index (χ1n) is 10.6. The number of rotatable bonds is 2. The Morgan fingerprint density at radius 2 is 1.90 bits per heavy atom. The van der Waals surface area contributed by atoms with E-state index in [9.17, 15) is 5.26 Å². The molecule has 2 atom stereocenters. The van der Waals surface area contributed by atoms with E-state index in [2.05, 4.69) is 91.0 Å². The third-order valence-electron chi connectivity index (χ3n) is 6.26. The molecule has 3 heterocycles. The van der Waals surface area contributed by atoms with Crippen molar-refractivity contribution in [2.45, 2.75) is 45.6 Å². The Morgan fingerprint density at radius 3 is 2.61 bits per heavy atom. The van der Waals surface area contributed by atoms with Crippen molar-refractivity contribution >= 4 is 27.7 Å². The van der Waals surface area contributed by atoms with E-state index in [0.29, 0.717) is 5.88 Å². The van der Waals surface area contributed by atoms with Gasteiger partial charge in [-0.25, -0.2) is 0 Å². The second-order valence-electron chi connectivity index (χ2n) is 9.16. The Labute approximate surface area is 181 Å². The zero-order chi connectivity index (χ0) is 21.9. The van der Waals surface area contributed by atoms with Crippen molar-refractivity contribution in [2.24, 2.45) is 5.92 Å². The molecule has 0 amide bonds. The Bertz CT molecular complexity index is 1380. The highest BCUT2D eigenvalue weighted by Gasteiger charge is 2.42. The fourth-order valence-corrected chi connectivity index (χ4v) is 4.86. The first kappa shape index (κ1) is 19.4. The number of H-pyrrole nitrogens is 1. The summed E-state index contributed by atoms with van der Waals surface area (Å²) in [6, 6.07) is 17.1. The Kier molecular flexibility index (Phi) is 4.19. The van der Waals surface area contributed by atoms with Gasteiger partial charge in [0.25, 0.3) is 0 Å². The van der Waals surface area contributed by atoms with Crippen molar-refractivity contribution < 1.29 is 4.74 Å². The van der Waals surface area contributed by atoms with Gasteiger partial charge >= 0.3 is 0 Å². The van der Waals surface area contributed by atoms with Crippen molar-refractivity contribution in [2.75, 3.05) is 0 Å². The van der Waals surface area contributed by atoms with Gasteiger partial charge in [-0.15, -0.1) is 5.10 Å². The normalized spacial score (nSPS) is 18.7. The number of hydrogen-bond acceptors (Lipinski definition) is 4. The largest absolute Gasteiger partial charge is 0.422 e. The van der Waals surface area contributed by atoms with E-state index in [1.54, 1.807) is 0 Å². The molecule has 0 spiro atoms. The van der Waals surface area contributed by atoms with E-state index in [-0.39, 0.29) is 17.2 Å². The summed E-state index contributed by atoms with van der Waals surface area (Å²) >= 11 is 0. The fourth-order valence-electron chi connectivity index (χ4n) is 4.86. The molecule has 2 unspecified atom stereocenters. The maximum absolute atomic E-state index is 9.97. The van der Waals surface area contributed by atoms with Gasteiger partial charge in [-0.05, 0) is 30.7 Å². The minimum atomic E-state index is -0.705. The zero-order valence-corrected chi connectivity index (χ0v) is 18.2.